The number of benzene rings is 12. The van der Waals surface area contributed by atoms with Crippen LogP contribution in [0.4, 0.5) is 0 Å². The molecule has 0 aliphatic carbocycles. The molecule has 0 saturated heterocycles. The third-order valence-electron chi connectivity index (χ3n) is 13.3. The van der Waals surface area contributed by atoms with Crippen LogP contribution in [0.1, 0.15) is 0 Å². The number of rotatable bonds is 8. The van der Waals surface area contributed by atoms with E-state index in [-0.39, 0.29) is 0 Å². The zero-order valence-electron chi connectivity index (χ0n) is 36.4. The van der Waals surface area contributed by atoms with E-state index in [1.807, 2.05) is 0 Å². The van der Waals surface area contributed by atoms with Gasteiger partial charge in [0.25, 0.3) is 0 Å². The molecule has 12 rings (SSSR count). The zero-order valence-corrected chi connectivity index (χ0v) is 36.4. The summed E-state index contributed by atoms with van der Waals surface area (Å²) >= 11 is 0. The van der Waals surface area contributed by atoms with Gasteiger partial charge in [-0.1, -0.05) is 231 Å². The van der Waals surface area contributed by atoms with E-state index in [9.17, 15) is 0 Å². The predicted octanol–water partition coefficient (Wildman–Crippen LogP) is 18.5. The van der Waals surface area contributed by atoms with Crippen molar-refractivity contribution in [1.82, 2.24) is 0 Å². The van der Waals surface area contributed by atoms with Crippen molar-refractivity contribution in [1.29, 1.82) is 0 Å². The van der Waals surface area contributed by atoms with Crippen LogP contribution in [0, 0.1) is 0 Å². The normalized spacial score (nSPS) is 11.3. The van der Waals surface area contributed by atoms with Gasteiger partial charge in [0.05, 0.1) is 0 Å². The Morgan fingerprint density at radius 3 is 0.636 bits per heavy atom. The molecule has 0 aromatic heterocycles. The van der Waals surface area contributed by atoms with Gasteiger partial charge in [-0.3, -0.25) is 0 Å². The Morgan fingerprint density at radius 1 is 0.152 bits per heavy atom. The molecule has 0 N–H and O–H groups in total. The van der Waals surface area contributed by atoms with Crippen molar-refractivity contribution in [2.24, 2.45) is 0 Å². The van der Waals surface area contributed by atoms with E-state index in [1.165, 1.54) is 121 Å². The van der Waals surface area contributed by atoms with Crippen LogP contribution in [0.5, 0.6) is 0 Å². The molecule has 0 radical (unpaired) electrons. The number of hydrogen-bond donors (Lipinski definition) is 0. The lowest BCUT2D eigenvalue weighted by molar-refractivity contribution is 1.55. The Labute approximate surface area is 386 Å². The molecule has 308 valence electrons. The van der Waals surface area contributed by atoms with Crippen LogP contribution >= 0.6 is 0 Å². The molecule has 66 heavy (non-hydrogen) atoms. The molecule has 0 atom stereocenters. The van der Waals surface area contributed by atoms with Crippen LogP contribution in [-0.2, 0) is 0 Å². The quantitative estimate of drug-likeness (QED) is 0.134. The monoisotopic (exact) mass is 836 g/mol. The van der Waals surface area contributed by atoms with E-state index >= 15 is 0 Å². The van der Waals surface area contributed by atoms with Crippen LogP contribution in [0.15, 0.2) is 267 Å². The average Bonchev–Trinajstić information content (AvgIpc) is 3.40. The van der Waals surface area contributed by atoms with Gasteiger partial charge in [0.2, 0.25) is 0 Å². The van der Waals surface area contributed by atoms with Crippen molar-refractivity contribution in [3.8, 4) is 89.0 Å². The first-order valence-corrected chi connectivity index (χ1v) is 22.8. The second kappa shape index (κ2) is 16.8. The fraction of sp³-hybridized carbons (Fsp3) is 0. The second-order valence-corrected chi connectivity index (χ2v) is 17.1. The van der Waals surface area contributed by atoms with Crippen LogP contribution in [-0.4, -0.2) is 0 Å². The molecule has 12 aromatic carbocycles. The van der Waals surface area contributed by atoms with Crippen LogP contribution < -0.4 is 0 Å². The van der Waals surface area contributed by atoms with Crippen LogP contribution in [0.3, 0.4) is 0 Å². The maximum absolute atomic E-state index is 2.48. The highest BCUT2D eigenvalue weighted by molar-refractivity contribution is 6.26. The summed E-state index contributed by atoms with van der Waals surface area (Å²) in [6.45, 7) is 0. The summed E-state index contributed by atoms with van der Waals surface area (Å²) in [4.78, 5) is 0. The second-order valence-electron chi connectivity index (χ2n) is 17.1. The van der Waals surface area contributed by atoms with E-state index in [0.29, 0.717) is 0 Å². The van der Waals surface area contributed by atoms with Gasteiger partial charge >= 0.3 is 0 Å². The van der Waals surface area contributed by atoms with Gasteiger partial charge in [-0.05, 0) is 158 Å². The topological polar surface area (TPSA) is 0 Å². The molecule has 0 amide bonds. The van der Waals surface area contributed by atoms with Crippen molar-refractivity contribution in [3.63, 3.8) is 0 Å². The van der Waals surface area contributed by atoms with E-state index in [2.05, 4.69) is 267 Å². The Hall–Kier alpha value is -8.58. The van der Waals surface area contributed by atoms with E-state index in [0.717, 1.165) is 0 Å². The largest absolute Gasteiger partial charge is 0.0622 e. The molecule has 0 spiro atoms. The van der Waals surface area contributed by atoms with Crippen molar-refractivity contribution < 1.29 is 0 Å². The van der Waals surface area contributed by atoms with Crippen molar-refractivity contribution >= 4 is 32.3 Å². The maximum Gasteiger partial charge on any atom is -0.00197 e. The van der Waals surface area contributed by atoms with Gasteiger partial charge in [-0.2, -0.15) is 0 Å². The standard InChI is InChI=1S/C66H44/c1-7-23-45(24-8-1)55-41-59(49-31-15-5-16-32-49)63(43-57(55)47-27-11-3-12-28-47)65-53-37-21-22-38-54(53)66(62-40-52-36-20-19-35-51(52)39-61(62)65)64-44-58(48-29-13-4-14-30-48)56(46-25-9-2-10-26-46)42-60(64)50-33-17-6-18-34-50/h1-44H. The molecule has 0 fully saturated rings. The summed E-state index contributed by atoms with van der Waals surface area (Å²) in [5, 5.41) is 7.30. The minimum atomic E-state index is 1.18. The highest BCUT2D eigenvalue weighted by atomic mass is 14.3. The third kappa shape index (κ3) is 6.97. The molecule has 0 unspecified atom stereocenters. The smallest absolute Gasteiger partial charge is 0.00197 e. The van der Waals surface area contributed by atoms with Crippen LogP contribution in [0.2, 0.25) is 0 Å². The minimum absolute atomic E-state index is 1.18. The van der Waals surface area contributed by atoms with Gasteiger partial charge in [0, 0.05) is 0 Å². The Morgan fingerprint density at radius 2 is 0.364 bits per heavy atom. The number of hydrogen-bond acceptors (Lipinski definition) is 0. The molecule has 12 aromatic rings. The number of fused-ring (bicyclic) bond motifs is 3. The van der Waals surface area contributed by atoms with Crippen LogP contribution in [0.25, 0.3) is 121 Å². The highest BCUT2D eigenvalue weighted by Crippen LogP contribution is 2.52. The lowest BCUT2D eigenvalue weighted by Gasteiger charge is -2.24. The van der Waals surface area contributed by atoms with Gasteiger partial charge < -0.3 is 0 Å². The van der Waals surface area contributed by atoms with Gasteiger partial charge in [-0.25, -0.2) is 0 Å². The molecule has 0 saturated carbocycles. The molecular weight excluding hydrogens is 793 g/mol. The summed E-state index contributed by atoms with van der Waals surface area (Å²) in [7, 11) is 0. The van der Waals surface area contributed by atoms with E-state index in [4.69, 9.17) is 0 Å². The van der Waals surface area contributed by atoms with Crippen molar-refractivity contribution in [2.75, 3.05) is 0 Å². The summed E-state index contributed by atoms with van der Waals surface area (Å²) in [6.07, 6.45) is 0. The lowest BCUT2D eigenvalue weighted by atomic mass is 9.78. The average molecular weight is 837 g/mol. The Bertz CT molecular complexity index is 3440. The lowest BCUT2D eigenvalue weighted by Crippen LogP contribution is -1.97. The van der Waals surface area contributed by atoms with E-state index in [1.54, 1.807) is 0 Å². The predicted molar refractivity (Wildman–Crippen MR) is 282 cm³/mol. The van der Waals surface area contributed by atoms with Crippen molar-refractivity contribution in [3.05, 3.63) is 267 Å². The first kappa shape index (κ1) is 39.0. The SMILES string of the molecule is c1ccc(-c2cc(-c3ccccc3)c(-c3c4ccccc4c(-c4cc(-c5ccccc5)c(-c5ccccc5)cc4-c4ccccc4)c4cc5ccccc5cc34)cc2-c2ccccc2)cc1. The maximum atomic E-state index is 2.48. The molecular formula is C66H44. The summed E-state index contributed by atoms with van der Waals surface area (Å²) in [5.41, 5.74) is 19.2. The fourth-order valence-corrected chi connectivity index (χ4v) is 10.2. The molecule has 0 bridgehead atoms. The summed E-state index contributed by atoms with van der Waals surface area (Å²) in [6, 6.07) is 98.2. The molecule has 0 aliphatic rings. The van der Waals surface area contributed by atoms with Gasteiger partial charge in [-0.15, -0.1) is 0 Å². The van der Waals surface area contributed by atoms with Gasteiger partial charge in [0.15, 0.2) is 0 Å². The first-order valence-electron chi connectivity index (χ1n) is 22.8. The minimum Gasteiger partial charge on any atom is -0.0622 e. The summed E-state index contributed by atoms with van der Waals surface area (Å²) in [5.74, 6) is 0. The molecule has 0 heteroatoms. The fourth-order valence-electron chi connectivity index (χ4n) is 10.2. The molecule has 0 heterocycles. The highest BCUT2D eigenvalue weighted by Gasteiger charge is 2.25. The Kier molecular flexibility index (Phi) is 9.97. The first-order chi connectivity index (χ1) is 32.8. The van der Waals surface area contributed by atoms with Gasteiger partial charge in [0.1, 0.15) is 0 Å². The Balaban J connectivity index is 1.26. The van der Waals surface area contributed by atoms with E-state index < -0.39 is 0 Å². The third-order valence-corrected chi connectivity index (χ3v) is 13.3. The molecule has 0 aliphatic heterocycles. The van der Waals surface area contributed by atoms with Crippen molar-refractivity contribution in [2.45, 2.75) is 0 Å². The molecule has 0 nitrogen and oxygen atoms in total. The summed E-state index contributed by atoms with van der Waals surface area (Å²) < 4.78 is 0. The zero-order chi connectivity index (χ0) is 43.8.